The number of allylic oxidation sites excluding steroid dienone is 2. The van der Waals surface area contributed by atoms with Crippen molar-refractivity contribution in [2.24, 2.45) is 23.7 Å². The van der Waals surface area contributed by atoms with Crippen LogP contribution in [0.2, 0.25) is 0 Å². The van der Waals surface area contributed by atoms with E-state index in [1.807, 2.05) is 0 Å². The average molecular weight is 402 g/mol. The second-order valence-corrected chi connectivity index (χ2v) is 7.90. The quantitative estimate of drug-likeness (QED) is 0.605. The maximum atomic E-state index is 12.9. The Labute approximate surface area is 172 Å². The predicted molar refractivity (Wildman–Crippen MR) is 108 cm³/mol. The lowest BCUT2D eigenvalue weighted by atomic mass is 9.85. The number of nitrogens with zero attached hydrogens (tertiary/aromatic N) is 1. The summed E-state index contributed by atoms with van der Waals surface area (Å²) in [6.45, 7) is 0. The van der Waals surface area contributed by atoms with Gasteiger partial charge in [0.25, 0.3) is 5.91 Å². The summed E-state index contributed by atoms with van der Waals surface area (Å²) in [7, 11) is 0. The van der Waals surface area contributed by atoms with Gasteiger partial charge in [-0.05, 0) is 66.8 Å². The van der Waals surface area contributed by atoms with Crippen molar-refractivity contribution in [2.75, 3.05) is 10.2 Å². The van der Waals surface area contributed by atoms with E-state index in [1.165, 1.54) is 29.2 Å². The molecule has 1 saturated carbocycles. The van der Waals surface area contributed by atoms with Gasteiger partial charge in [0.15, 0.2) is 0 Å². The minimum atomic E-state index is -1.04. The molecular weight excluding hydrogens is 384 g/mol. The van der Waals surface area contributed by atoms with E-state index in [0.29, 0.717) is 16.9 Å². The Morgan fingerprint density at radius 1 is 0.833 bits per heavy atom. The number of nitrogens with one attached hydrogen (secondary N) is 1. The van der Waals surface area contributed by atoms with Crippen molar-refractivity contribution in [2.45, 2.75) is 6.42 Å². The molecule has 30 heavy (non-hydrogen) atoms. The molecule has 1 aliphatic heterocycles. The van der Waals surface area contributed by atoms with Gasteiger partial charge in [-0.15, -0.1) is 0 Å². The topological polar surface area (TPSA) is 104 Å². The SMILES string of the molecule is O=C(O)c1ccc(NC(=O)c2ccc(N3C(=O)[C@H]4[C@H](C3=O)[C@H]3C=C[C@H]4C3)cc2)cc1. The zero-order valence-electron chi connectivity index (χ0n) is 15.8. The summed E-state index contributed by atoms with van der Waals surface area (Å²) < 4.78 is 0. The molecule has 7 nitrogen and oxygen atoms in total. The van der Waals surface area contributed by atoms with Crippen molar-refractivity contribution in [1.29, 1.82) is 0 Å². The minimum Gasteiger partial charge on any atom is -0.478 e. The second-order valence-electron chi connectivity index (χ2n) is 7.90. The van der Waals surface area contributed by atoms with Gasteiger partial charge in [-0.2, -0.15) is 0 Å². The third-order valence-corrected chi connectivity index (χ3v) is 6.25. The van der Waals surface area contributed by atoms with Gasteiger partial charge in [-0.3, -0.25) is 19.3 Å². The Morgan fingerprint density at radius 2 is 1.37 bits per heavy atom. The molecule has 2 fully saturated rings. The molecule has 1 heterocycles. The number of anilines is 2. The fraction of sp³-hybridized carbons (Fsp3) is 0.217. The summed E-state index contributed by atoms with van der Waals surface area (Å²) >= 11 is 0. The van der Waals surface area contributed by atoms with Crippen LogP contribution in [0.15, 0.2) is 60.7 Å². The molecule has 3 aliphatic rings. The lowest BCUT2D eigenvalue weighted by Gasteiger charge is -2.17. The molecule has 1 saturated heterocycles. The van der Waals surface area contributed by atoms with E-state index in [2.05, 4.69) is 17.5 Å². The first kappa shape index (κ1) is 18.3. The van der Waals surface area contributed by atoms with Crippen LogP contribution in [0.4, 0.5) is 11.4 Å². The number of hydrogen-bond donors (Lipinski definition) is 2. The lowest BCUT2D eigenvalue weighted by molar-refractivity contribution is -0.123. The largest absolute Gasteiger partial charge is 0.478 e. The van der Waals surface area contributed by atoms with Crippen LogP contribution in [-0.4, -0.2) is 28.8 Å². The summed E-state index contributed by atoms with van der Waals surface area (Å²) in [5, 5.41) is 11.6. The van der Waals surface area contributed by atoms with Gasteiger partial charge in [0, 0.05) is 11.3 Å². The molecule has 0 spiro atoms. The summed E-state index contributed by atoms with van der Waals surface area (Å²) in [5.41, 5.74) is 1.43. The Hall–Kier alpha value is -3.74. The number of rotatable bonds is 4. The third-order valence-electron chi connectivity index (χ3n) is 6.25. The van der Waals surface area contributed by atoms with Gasteiger partial charge in [0.05, 0.1) is 23.1 Å². The van der Waals surface area contributed by atoms with Gasteiger partial charge in [-0.1, -0.05) is 12.2 Å². The van der Waals surface area contributed by atoms with Crippen molar-refractivity contribution in [1.82, 2.24) is 0 Å². The Balaban J connectivity index is 1.31. The highest BCUT2D eigenvalue weighted by Crippen LogP contribution is 2.53. The second kappa shape index (κ2) is 6.66. The highest BCUT2D eigenvalue weighted by molar-refractivity contribution is 6.23. The molecule has 0 radical (unpaired) electrons. The number of amides is 3. The fourth-order valence-corrected chi connectivity index (χ4v) is 4.82. The van der Waals surface area contributed by atoms with E-state index >= 15 is 0 Å². The van der Waals surface area contributed by atoms with Crippen molar-refractivity contribution >= 4 is 35.1 Å². The van der Waals surface area contributed by atoms with E-state index < -0.39 is 5.97 Å². The molecule has 2 aromatic carbocycles. The van der Waals surface area contributed by atoms with E-state index in [4.69, 9.17) is 5.11 Å². The Bertz CT molecular complexity index is 1070. The first-order valence-corrected chi connectivity index (χ1v) is 9.75. The molecule has 2 bridgehead atoms. The zero-order valence-corrected chi connectivity index (χ0v) is 15.8. The van der Waals surface area contributed by atoms with Crippen molar-refractivity contribution in [3.8, 4) is 0 Å². The predicted octanol–water partition coefficient (Wildman–Crippen LogP) is 2.95. The number of imide groups is 1. The van der Waals surface area contributed by atoms with Crippen LogP contribution in [0.1, 0.15) is 27.1 Å². The summed E-state index contributed by atoms with van der Waals surface area (Å²) in [4.78, 5) is 50.4. The molecule has 0 unspecified atom stereocenters. The van der Waals surface area contributed by atoms with E-state index in [0.717, 1.165) is 6.42 Å². The number of carbonyl (C=O) groups is 4. The molecule has 3 amide bonds. The number of carboxylic acid groups (broad SMARTS) is 1. The maximum Gasteiger partial charge on any atom is 0.335 e. The van der Waals surface area contributed by atoms with Crippen LogP contribution >= 0.6 is 0 Å². The Morgan fingerprint density at radius 3 is 1.90 bits per heavy atom. The third kappa shape index (κ3) is 2.74. The summed E-state index contributed by atoms with van der Waals surface area (Å²) in [5.74, 6) is -1.94. The molecule has 4 atom stereocenters. The normalized spacial score (nSPS) is 26.2. The molecule has 150 valence electrons. The average Bonchev–Trinajstić information content (AvgIpc) is 3.42. The van der Waals surface area contributed by atoms with Crippen LogP contribution in [0.25, 0.3) is 0 Å². The van der Waals surface area contributed by atoms with Crippen molar-refractivity contribution in [3.63, 3.8) is 0 Å². The Kier molecular flexibility index (Phi) is 4.06. The number of carboxylic acids is 1. The summed E-state index contributed by atoms with van der Waals surface area (Å²) in [6.07, 6.45) is 4.99. The summed E-state index contributed by atoms with van der Waals surface area (Å²) in [6, 6.07) is 12.2. The van der Waals surface area contributed by atoms with Crippen LogP contribution < -0.4 is 10.2 Å². The number of hydrogen-bond acceptors (Lipinski definition) is 4. The molecule has 2 aliphatic carbocycles. The number of aromatic carboxylic acids is 1. The first-order chi connectivity index (χ1) is 14.4. The van der Waals surface area contributed by atoms with E-state index in [1.54, 1.807) is 24.3 Å². The first-order valence-electron chi connectivity index (χ1n) is 9.75. The molecular formula is C23H18N2O5. The molecule has 2 aromatic rings. The molecule has 2 N–H and O–H groups in total. The van der Waals surface area contributed by atoms with E-state index in [9.17, 15) is 19.2 Å². The van der Waals surface area contributed by atoms with Gasteiger partial charge in [0.1, 0.15) is 0 Å². The van der Waals surface area contributed by atoms with Gasteiger partial charge >= 0.3 is 5.97 Å². The van der Waals surface area contributed by atoms with Crippen molar-refractivity contribution in [3.05, 3.63) is 71.8 Å². The zero-order chi connectivity index (χ0) is 21.0. The monoisotopic (exact) mass is 402 g/mol. The lowest BCUT2D eigenvalue weighted by Crippen LogP contribution is -2.32. The molecule has 5 rings (SSSR count). The standard InChI is InChI=1S/C23H18N2O5/c26-20(24-16-7-3-13(4-8-16)23(29)30)12-5-9-17(10-6-12)25-21(27)18-14-1-2-15(11-14)19(18)22(25)28/h1-10,14-15,18-19H,11H2,(H,24,26)(H,29,30)/t14-,15-,18+,19+/m0/s1. The highest BCUT2D eigenvalue weighted by Gasteiger charge is 2.59. The van der Waals surface area contributed by atoms with Gasteiger partial charge < -0.3 is 10.4 Å². The molecule has 7 heteroatoms. The smallest absolute Gasteiger partial charge is 0.335 e. The van der Waals surface area contributed by atoms with Crippen molar-refractivity contribution < 1.29 is 24.3 Å². The highest BCUT2D eigenvalue weighted by atomic mass is 16.4. The van der Waals surface area contributed by atoms with Crippen LogP contribution in [0.3, 0.4) is 0 Å². The number of benzene rings is 2. The minimum absolute atomic E-state index is 0.130. The number of carbonyl (C=O) groups excluding carboxylic acids is 3. The molecule has 0 aromatic heterocycles. The van der Waals surface area contributed by atoms with E-state index in [-0.39, 0.29) is 47.0 Å². The van der Waals surface area contributed by atoms with Crippen LogP contribution in [-0.2, 0) is 9.59 Å². The van der Waals surface area contributed by atoms with Crippen LogP contribution in [0, 0.1) is 23.7 Å². The maximum absolute atomic E-state index is 12.9. The van der Waals surface area contributed by atoms with Crippen LogP contribution in [0.5, 0.6) is 0 Å². The van der Waals surface area contributed by atoms with Gasteiger partial charge in [-0.25, -0.2) is 4.79 Å². The number of fused-ring (bicyclic) bond motifs is 5. The fourth-order valence-electron chi connectivity index (χ4n) is 4.82. The van der Waals surface area contributed by atoms with Gasteiger partial charge in [0.2, 0.25) is 11.8 Å².